The first-order valence-corrected chi connectivity index (χ1v) is 10.1. The number of aromatic amines is 1. The summed E-state index contributed by atoms with van der Waals surface area (Å²) in [5.74, 6) is 0.485. The van der Waals surface area contributed by atoms with Crippen LogP contribution in [0.4, 0.5) is 0 Å². The maximum Gasteiger partial charge on any atom is 0.257 e. The number of H-pyrrole nitrogens is 1. The van der Waals surface area contributed by atoms with E-state index in [1.165, 1.54) is 11.0 Å². The van der Waals surface area contributed by atoms with Crippen LogP contribution in [0.1, 0.15) is 23.7 Å². The van der Waals surface area contributed by atoms with Gasteiger partial charge in [0, 0.05) is 55.4 Å². The van der Waals surface area contributed by atoms with Gasteiger partial charge in [-0.3, -0.25) is 9.59 Å². The molecule has 5 rings (SSSR count). The van der Waals surface area contributed by atoms with Crippen molar-refractivity contribution in [3.63, 3.8) is 0 Å². The van der Waals surface area contributed by atoms with Gasteiger partial charge in [0.25, 0.3) is 5.91 Å². The van der Waals surface area contributed by atoms with Crippen LogP contribution in [0.5, 0.6) is 0 Å². The molecule has 3 heterocycles. The molecule has 3 aromatic rings. The van der Waals surface area contributed by atoms with Gasteiger partial charge >= 0.3 is 0 Å². The number of carbonyl (C=O) groups excluding carboxylic acids is 2. The summed E-state index contributed by atoms with van der Waals surface area (Å²) in [6, 6.07) is 16.2. The Balaban J connectivity index is 1.31. The van der Waals surface area contributed by atoms with E-state index < -0.39 is 0 Å². The molecule has 5 heteroatoms. The van der Waals surface area contributed by atoms with Gasteiger partial charge in [-0.05, 0) is 46.4 Å². The Morgan fingerprint density at radius 3 is 2.59 bits per heavy atom. The van der Waals surface area contributed by atoms with Gasteiger partial charge in [-0.25, -0.2) is 0 Å². The summed E-state index contributed by atoms with van der Waals surface area (Å²) in [6.07, 6.45) is 4.42. The van der Waals surface area contributed by atoms with Crippen LogP contribution in [-0.4, -0.2) is 46.2 Å². The van der Waals surface area contributed by atoms with Crippen LogP contribution in [0.15, 0.2) is 66.5 Å². The zero-order valence-electron chi connectivity index (χ0n) is 16.4. The van der Waals surface area contributed by atoms with Gasteiger partial charge in [0.2, 0.25) is 5.91 Å². The van der Waals surface area contributed by atoms with Crippen molar-refractivity contribution in [2.45, 2.75) is 13.3 Å². The number of carbonyl (C=O) groups is 2. The molecule has 2 aromatic carbocycles. The summed E-state index contributed by atoms with van der Waals surface area (Å²) in [4.78, 5) is 31.8. The van der Waals surface area contributed by atoms with Gasteiger partial charge in [0.1, 0.15) is 0 Å². The number of aromatic nitrogens is 1. The van der Waals surface area contributed by atoms with E-state index in [4.69, 9.17) is 0 Å². The molecule has 2 amide bonds. The maximum atomic E-state index is 12.9. The van der Waals surface area contributed by atoms with E-state index in [1.807, 2.05) is 48.5 Å². The normalized spacial score (nSPS) is 18.2. The van der Waals surface area contributed by atoms with Crippen molar-refractivity contribution in [3.05, 3.63) is 72.1 Å². The number of hydrogen-bond acceptors (Lipinski definition) is 2. The van der Waals surface area contributed by atoms with E-state index in [1.54, 1.807) is 4.90 Å². The molecule has 1 saturated heterocycles. The molecule has 2 aliphatic heterocycles. The van der Waals surface area contributed by atoms with E-state index in [2.05, 4.69) is 29.2 Å². The summed E-state index contributed by atoms with van der Waals surface area (Å²) in [5.41, 5.74) is 5.19. The topological polar surface area (TPSA) is 56.4 Å². The predicted molar refractivity (Wildman–Crippen MR) is 113 cm³/mol. The minimum Gasteiger partial charge on any atom is -0.361 e. The molecule has 1 N–H and O–H groups in total. The van der Waals surface area contributed by atoms with Gasteiger partial charge in [-0.2, -0.15) is 0 Å². The van der Waals surface area contributed by atoms with Gasteiger partial charge in [0.05, 0.1) is 0 Å². The molecule has 146 valence electrons. The number of nitrogens with one attached hydrogen (secondary N) is 1. The first-order valence-electron chi connectivity index (χ1n) is 10.1. The number of nitrogens with zero attached hydrogens (tertiary/aromatic N) is 2. The third-order valence-corrected chi connectivity index (χ3v) is 6.01. The lowest BCUT2D eigenvalue weighted by atomic mass is 10.0. The van der Waals surface area contributed by atoms with Crippen molar-refractivity contribution in [3.8, 4) is 11.1 Å². The van der Waals surface area contributed by atoms with Gasteiger partial charge < -0.3 is 14.8 Å². The zero-order chi connectivity index (χ0) is 20.0. The van der Waals surface area contributed by atoms with Crippen molar-refractivity contribution in [1.29, 1.82) is 0 Å². The molecule has 1 atom stereocenters. The van der Waals surface area contributed by atoms with E-state index >= 15 is 0 Å². The number of likely N-dealkylation sites (tertiary alicyclic amines) is 1. The Bertz CT molecular complexity index is 1130. The second-order valence-corrected chi connectivity index (χ2v) is 7.84. The third-order valence-electron chi connectivity index (χ3n) is 6.01. The maximum absolute atomic E-state index is 12.9. The fraction of sp³-hybridized carbons (Fsp3) is 0.250. The Kier molecular flexibility index (Phi) is 4.23. The Morgan fingerprint density at radius 2 is 1.83 bits per heavy atom. The predicted octanol–water partition coefficient (Wildman–Crippen LogP) is 4.04. The van der Waals surface area contributed by atoms with Crippen LogP contribution in [0.2, 0.25) is 0 Å². The highest BCUT2D eigenvalue weighted by Gasteiger charge is 2.36. The molecule has 0 bridgehead atoms. The molecule has 5 nitrogen and oxygen atoms in total. The van der Waals surface area contributed by atoms with Gasteiger partial charge in [-0.15, -0.1) is 0 Å². The highest BCUT2D eigenvalue weighted by Crippen LogP contribution is 2.31. The fourth-order valence-corrected chi connectivity index (χ4v) is 4.36. The number of rotatable bonds is 3. The van der Waals surface area contributed by atoms with Gasteiger partial charge in [0.15, 0.2) is 0 Å². The lowest BCUT2D eigenvalue weighted by Crippen LogP contribution is -2.32. The molecule has 1 aromatic heterocycles. The Hall–Kier alpha value is -3.34. The molecule has 2 aliphatic rings. The van der Waals surface area contributed by atoms with E-state index in [-0.39, 0.29) is 17.7 Å². The van der Waals surface area contributed by atoms with Crippen LogP contribution in [-0.2, 0) is 4.79 Å². The molecule has 0 radical (unpaired) electrons. The van der Waals surface area contributed by atoms with E-state index in [0.717, 1.165) is 23.2 Å². The smallest absolute Gasteiger partial charge is 0.257 e. The highest BCUT2D eigenvalue weighted by molar-refractivity contribution is 5.96. The summed E-state index contributed by atoms with van der Waals surface area (Å²) in [6.45, 7) is 3.93. The molecule has 0 saturated carbocycles. The van der Waals surface area contributed by atoms with Crippen molar-refractivity contribution in [2.24, 2.45) is 5.92 Å². The van der Waals surface area contributed by atoms with Crippen LogP contribution < -0.4 is 0 Å². The highest BCUT2D eigenvalue weighted by atomic mass is 16.2. The minimum atomic E-state index is 0.0200. The zero-order valence-corrected chi connectivity index (χ0v) is 16.4. The molecule has 29 heavy (non-hydrogen) atoms. The number of hydrogen-bond donors (Lipinski definition) is 1. The lowest BCUT2D eigenvalue weighted by molar-refractivity contribution is -0.129. The quantitative estimate of drug-likeness (QED) is 0.740. The third kappa shape index (κ3) is 3.12. The summed E-state index contributed by atoms with van der Waals surface area (Å²) >= 11 is 0. The Morgan fingerprint density at radius 1 is 1.03 bits per heavy atom. The monoisotopic (exact) mass is 385 g/mol. The molecule has 1 fully saturated rings. The van der Waals surface area contributed by atoms with Crippen LogP contribution >= 0.6 is 0 Å². The standard InChI is InChI=1S/C24H23N3O2/c1-2-23(28)26-12-20-14-27(15-21(20)13-26)24(29)18-6-3-16(4-7-18)19-8-5-17-9-10-25-22(17)11-19/h3-11,14,21,25H,2,12-13,15H2,1H3. The van der Waals surface area contributed by atoms with Crippen molar-refractivity contribution in [2.75, 3.05) is 19.6 Å². The molecule has 0 spiro atoms. The molecule has 1 unspecified atom stereocenters. The van der Waals surface area contributed by atoms with Crippen LogP contribution in [0.3, 0.4) is 0 Å². The van der Waals surface area contributed by atoms with E-state index in [0.29, 0.717) is 25.1 Å². The van der Waals surface area contributed by atoms with Crippen LogP contribution in [0.25, 0.3) is 22.0 Å². The number of fused-ring (bicyclic) bond motifs is 2. The number of amides is 2. The van der Waals surface area contributed by atoms with Crippen molar-refractivity contribution < 1.29 is 9.59 Å². The fourth-order valence-electron chi connectivity index (χ4n) is 4.36. The average Bonchev–Trinajstić information content (AvgIpc) is 3.46. The second-order valence-electron chi connectivity index (χ2n) is 7.84. The van der Waals surface area contributed by atoms with Crippen LogP contribution in [0, 0.1) is 5.92 Å². The molecule has 0 aliphatic carbocycles. The summed E-state index contributed by atoms with van der Waals surface area (Å²) < 4.78 is 0. The SMILES string of the molecule is CCC(=O)N1CC2=CN(C(=O)c3ccc(-c4ccc5cc[nH]c5c4)cc3)CC2C1. The lowest BCUT2D eigenvalue weighted by Gasteiger charge is -2.19. The number of benzene rings is 2. The molecular weight excluding hydrogens is 362 g/mol. The van der Waals surface area contributed by atoms with Gasteiger partial charge in [-0.1, -0.05) is 31.2 Å². The second kappa shape index (κ2) is 6.92. The van der Waals surface area contributed by atoms with Crippen molar-refractivity contribution >= 4 is 22.7 Å². The summed E-state index contributed by atoms with van der Waals surface area (Å²) in [5, 5.41) is 1.19. The first-order chi connectivity index (χ1) is 14.1. The minimum absolute atomic E-state index is 0.0200. The summed E-state index contributed by atoms with van der Waals surface area (Å²) in [7, 11) is 0. The Labute approximate surface area is 169 Å². The van der Waals surface area contributed by atoms with E-state index in [9.17, 15) is 9.59 Å². The molecular formula is C24H23N3O2. The van der Waals surface area contributed by atoms with Crippen molar-refractivity contribution in [1.82, 2.24) is 14.8 Å². The first kappa shape index (κ1) is 17.7. The average molecular weight is 385 g/mol. The largest absolute Gasteiger partial charge is 0.361 e.